The Morgan fingerprint density at radius 3 is 2.60 bits per heavy atom. The standard InChI is InChI=1S/C13H16F3N3O/c14-13(15,16)9-20-11-4-2-10(3-5-11)8-19-12-17-6-1-7-18-12/h2-5H,1,6-9H2,(H2,17,18,19). The van der Waals surface area contributed by atoms with E-state index in [1.807, 2.05) is 0 Å². The number of nitrogens with one attached hydrogen (secondary N) is 2. The van der Waals surface area contributed by atoms with Gasteiger partial charge in [-0.2, -0.15) is 13.2 Å². The summed E-state index contributed by atoms with van der Waals surface area (Å²) in [7, 11) is 0. The topological polar surface area (TPSA) is 45.6 Å². The number of rotatable bonds is 4. The predicted octanol–water partition coefficient (Wildman–Crippen LogP) is 2.07. The molecular weight excluding hydrogens is 271 g/mol. The van der Waals surface area contributed by atoms with Crippen molar-refractivity contribution >= 4 is 5.96 Å². The largest absolute Gasteiger partial charge is 0.484 e. The van der Waals surface area contributed by atoms with Gasteiger partial charge in [0.15, 0.2) is 12.6 Å². The minimum absolute atomic E-state index is 0.208. The normalized spacial score (nSPS) is 15.2. The van der Waals surface area contributed by atoms with Gasteiger partial charge in [-0.15, -0.1) is 0 Å². The second-order valence-corrected chi connectivity index (χ2v) is 4.41. The molecule has 20 heavy (non-hydrogen) atoms. The molecule has 1 aromatic rings. The molecule has 1 aliphatic heterocycles. The quantitative estimate of drug-likeness (QED) is 0.891. The molecule has 4 nitrogen and oxygen atoms in total. The fourth-order valence-electron chi connectivity index (χ4n) is 1.71. The van der Waals surface area contributed by atoms with E-state index in [2.05, 4.69) is 20.4 Å². The van der Waals surface area contributed by atoms with Crippen LogP contribution in [0.25, 0.3) is 0 Å². The van der Waals surface area contributed by atoms with Crippen LogP contribution in [-0.2, 0) is 6.54 Å². The molecule has 0 unspecified atom stereocenters. The maximum Gasteiger partial charge on any atom is 0.422 e. The lowest BCUT2D eigenvalue weighted by molar-refractivity contribution is -0.153. The number of ether oxygens (including phenoxy) is 1. The van der Waals surface area contributed by atoms with Crippen LogP contribution in [0, 0.1) is 0 Å². The van der Waals surface area contributed by atoms with Crippen molar-refractivity contribution in [1.82, 2.24) is 10.6 Å². The fraction of sp³-hybridized carbons (Fsp3) is 0.462. The van der Waals surface area contributed by atoms with Crippen molar-refractivity contribution in [3.05, 3.63) is 29.8 Å². The number of hydrogen-bond donors (Lipinski definition) is 2. The van der Waals surface area contributed by atoms with Crippen LogP contribution in [0.15, 0.2) is 29.3 Å². The molecule has 2 N–H and O–H groups in total. The zero-order valence-electron chi connectivity index (χ0n) is 10.8. The molecule has 0 radical (unpaired) electrons. The third-order valence-corrected chi connectivity index (χ3v) is 2.68. The Morgan fingerprint density at radius 1 is 1.25 bits per heavy atom. The molecular formula is C13H16F3N3O. The summed E-state index contributed by atoms with van der Waals surface area (Å²) in [4.78, 5) is 4.26. The van der Waals surface area contributed by atoms with Gasteiger partial charge in [0, 0.05) is 19.6 Å². The number of halogens is 3. The molecule has 0 aromatic heterocycles. The van der Waals surface area contributed by atoms with Crippen molar-refractivity contribution in [3.63, 3.8) is 0 Å². The van der Waals surface area contributed by atoms with Gasteiger partial charge in [-0.05, 0) is 24.1 Å². The van der Waals surface area contributed by atoms with Crippen LogP contribution < -0.4 is 15.4 Å². The first-order chi connectivity index (χ1) is 9.53. The second kappa shape index (κ2) is 6.49. The molecule has 0 amide bonds. The molecule has 1 heterocycles. The van der Waals surface area contributed by atoms with E-state index in [0.717, 1.165) is 31.0 Å². The third-order valence-electron chi connectivity index (χ3n) is 2.68. The summed E-state index contributed by atoms with van der Waals surface area (Å²) in [5.41, 5.74) is 0.944. The van der Waals surface area contributed by atoms with Crippen molar-refractivity contribution in [2.45, 2.75) is 19.1 Å². The Labute approximate surface area is 115 Å². The average molecular weight is 287 g/mol. The van der Waals surface area contributed by atoms with Gasteiger partial charge in [0.25, 0.3) is 0 Å². The van der Waals surface area contributed by atoms with Crippen molar-refractivity contribution in [3.8, 4) is 5.75 Å². The first kappa shape index (κ1) is 14.5. The highest BCUT2D eigenvalue weighted by atomic mass is 19.4. The van der Waals surface area contributed by atoms with Gasteiger partial charge in [-0.1, -0.05) is 12.1 Å². The van der Waals surface area contributed by atoms with Crippen LogP contribution in [0.4, 0.5) is 13.2 Å². The van der Waals surface area contributed by atoms with Crippen molar-refractivity contribution < 1.29 is 17.9 Å². The summed E-state index contributed by atoms with van der Waals surface area (Å²) < 4.78 is 40.6. The number of benzene rings is 1. The molecule has 0 spiro atoms. The van der Waals surface area contributed by atoms with Crippen LogP contribution >= 0.6 is 0 Å². The van der Waals surface area contributed by atoms with Crippen LogP contribution in [-0.4, -0.2) is 31.8 Å². The lowest BCUT2D eigenvalue weighted by Gasteiger charge is -2.16. The van der Waals surface area contributed by atoms with Crippen LogP contribution in [0.1, 0.15) is 12.0 Å². The molecule has 2 rings (SSSR count). The zero-order chi connectivity index (χ0) is 14.4. The first-order valence-electron chi connectivity index (χ1n) is 6.34. The highest BCUT2D eigenvalue weighted by molar-refractivity contribution is 5.80. The zero-order valence-corrected chi connectivity index (χ0v) is 10.8. The van der Waals surface area contributed by atoms with Gasteiger partial charge >= 0.3 is 6.18 Å². The van der Waals surface area contributed by atoms with E-state index >= 15 is 0 Å². The molecule has 0 fully saturated rings. The molecule has 7 heteroatoms. The van der Waals surface area contributed by atoms with E-state index in [1.54, 1.807) is 12.1 Å². The van der Waals surface area contributed by atoms with E-state index < -0.39 is 12.8 Å². The smallest absolute Gasteiger partial charge is 0.422 e. The fourth-order valence-corrected chi connectivity index (χ4v) is 1.71. The Hall–Kier alpha value is -1.92. The summed E-state index contributed by atoms with van der Waals surface area (Å²) in [5.74, 6) is 0.966. The highest BCUT2D eigenvalue weighted by Gasteiger charge is 2.28. The van der Waals surface area contributed by atoms with Gasteiger partial charge < -0.3 is 15.4 Å². The van der Waals surface area contributed by atoms with Crippen LogP contribution in [0.5, 0.6) is 5.75 Å². The Bertz CT molecular complexity index is 457. The number of guanidine groups is 1. The van der Waals surface area contributed by atoms with E-state index in [4.69, 9.17) is 0 Å². The molecule has 0 bridgehead atoms. The molecule has 1 aromatic carbocycles. The molecule has 0 saturated carbocycles. The number of aliphatic imine (C=N–C) groups is 1. The Morgan fingerprint density at radius 2 is 2.00 bits per heavy atom. The maximum absolute atomic E-state index is 12.0. The third kappa shape index (κ3) is 4.99. The predicted molar refractivity (Wildman–Crippen MR) is 69.8 cm³/mol. The monoisotopic (exact) mass is 287 g/mol. The van der Waals surface area contributed by atoms with Gasteiger partial charge in [0.1, 0.15) is 5.75 Å². The minimum atomic E-state index is -4.31. The lowest BCUT2D eigenvalue weighted by atomic mass is 10.2. The molecule has 0 saturated heterocycles. The van der Waals surface area contributed by atoms with Crippen LogP contribution in [0.3, 0.4) is 0 Å². The summed E-state index contributed by atoms with van der Waals surface area (Å²) in [6.07, 6.45) is -3.29. The number of nitrogens with zero attached hydrogens (tertiary/aromatic N) is 1. The SMILES string of the molecule is FC(F)(F)COc1ccc(CNC2=NCCCN2)cc1. The average Bonchev–Trinajstić information content (AvgIpc) is 2.44. The summed E-state index contributed by atoms with van der Waals surface area (Å²) in [6, 6.07) is 6.50. The molecule has 110 valence electrons. The van der Waals surface area contributed by atoms with Gasteiger partial charge in [-0.25, -0.2) is 0 Å². The van der Waals surface area contributed by atoms with Crippen LogP contribution in [0.2, 0.25) is 0 Å². The molecule has 0 atom stereocenters. The maximum atomic E-state index is 12.0. The van der Waals surface area contributed by atoms with Gasteiger partial charge in [0.2, 0.25) is 0 Å². The summed E-state index contributed by atoms with van der Waals surface area (Å²) in [6.45, 7) is 0.992. The highest BCUT2D eigenvalue weighted by Crippen LogP contribution is 2.18. The Kier molecular flexibility index (Phi) is 4.70. The van der Waals surface area contributed by atoms with E-state index in [-0.39, 0.29) is 5.75 Å². The molecule has 0 aliphatic carbocycles. The second-order valence-electron chi connectivity index (χ2n) is 4.41. The first-order valence-corrected chi connectivity index (χ1v) is 6.34. The van der Waals surface area contributed by atoms with E-state index in [1.165, 1.54) is 12.1 Å². The Balaban J connectivity index is 1.80. The van der Waals surface area contributed by atoms with Crippen molar-refractivity contribution in [2.24, 2.45) is 4.99 Å². The summed E-state index contributed by atoms with van der Waals surface area (Å²) in [5, 5.41) is 6.26. The van der Waals surface area contributed by atoms with Gasteiger partial charge in [-0.3, -0.25) is 4.99 Å². The number of alkyl halides is 3. The van der Waals surface area contributed by atoms with E-state index in [0.29, 0.717) is 6.54 Å². The summed E-state index contributed by atoms with van der Waals surface area (Å²) >= 11 is 0. The van der Waals surface area contributed by atoms with Crippen molar-refractivity contribution in [2.75, 3.05) is 19.7 Å². The number of hydrogen-bond acceptors (Lipinski definition) is 4. The van der Waals surface area contributed by atoms with E-state index in [9.17, 15) is 13.2 Å². The van der Waals surface area contributed by atoms with Gasteiger partial charge in [0.05, 0.1) is 0 Å². The lowest BCUT2D eigenvalue weighted by Crippen LogP contribution is -2.40. The molecule has 1 aliphatic rings. The minimum Gasteiger partial charge on any atom is -0.484 e. The van der Waals surface area contributed by atoms with Crippen molar-refractivity contribution in [1.29, 1.82) is 0 Å².